The Morgan fingerprint density at radius 2 is 1.94 bits per heavy atom. The van der Waals surface area contributed by atoms with Gasteiger partial charge in [0.2, 0.25) is 5.91 Å². The topological polar surface area (TPSA) is 104 Å². The van der Waals surface area contributed by atoms with Gasteiger partial charge >= 0.3 is 6.36 Å². The van der Waals surface area contributed by atoms with Crippen molar-refractivity contribution in [3.8, 4) is 17.5 Å². The summed E-state index contributed by atoms with van der Waals surface area (Å²) < 4.78 is 53.3. The lowest BCUT2D eigenvalue weighted by atomic mass is 10.1. The number of nitrogens with one attached hydrogen (secondary N) is 1. The summed E-state index contributed by atoms with van der Waals surface area (Å²) in [5.41, 5.74) is 5.63. The molecule has 0 unspecified atom stereocenters. The van der Waals surface area contributed by atoms with Crippen molar-refractivity contribution in [1.29, 1.82) is 0 Å². The van der Waals surface area contributed by atoms with Gasteiger partial charge in [-0.1, -0.05) is 0 Å². The highest BCUT2D eigenvalue weighted by atomic mass is 19.4. The normalized spacial score (nSPS) is 19.1. The van der Waals surface area contributed by atoms with E-state index in [4.69, 9.17) is 15.2 Å². The van der Waals surface area contributed by atoms with Crippen LogP contribution < -0.4 is 25.3 Å². The van der Waals surface area contributed by atoms with E-state index in [9.17, 15) is 18.0 Å². The Balaban J connectivity index is 1.13. The summed E-state index contributed by atoms with van der Waals surface area (Å²) in [7, 11) is 0. The number of carbonyl (C=O) groups is 1. The number of hydrogen-bond donors (Lipinski definition) is 2. The predicted molar refractivity (Wildman–Crippen MR) is 103 cm³/mol. The number of amides is 1. The van der Waals surface area contributed by atoms with Gasteiger partial charge in [-0.3, -0.25) is 14.3 Å². The van der Waals surface area contributed by atoms with Crippen molar-refractivity contribution in [2.75, 3.05) is 32.0 Å². The third kappa shape index (κ3) is 5.72. The zero-order chi connectivity index (χ0) is 22.0. The van der Waals surface area contributed by atoms with Gasteiger partial charge < -0.3 is 25.3 Å². The van der Waals surface area contributed by atoms with Crippen LogP contribution in [0, 0.1) is 0 Å². The number of aromatic nitrogens is 2. The van der Waals surface area contributed by atoms with Gasteiger partial charge in [0, 0.05) is 26.1 Å². The van der Waals surface area contributed by atoms with E-state index in [0.29, 0.717) is 56.8 Å². The van der Waals surface area contributed by atoms with Crippen LogP contribution in [0.2, 0.25) is 0 Å². The maximum atomic E-state index is 12.2. The molecule has 3 N–H and O–H groups in total. The molecule has 1 saturated heterocycles. The number of carbonyl (C=O) groups excluding carboxylic acids is 1. The average Bonchev–Trinajstić information content (AvgIpc) is 3.03. The molecule has 1 amide bonds. The molecule has 4 rings (SSSR count). The second-order valence-electron chi connectivity index (χ2n) is 7.44. The molecule has 1 aromatic carbocycles. The number of ether oxygens (including phenoxy) is 3. The van der Waals surface area contributed by atoms with Crippen LogP contribution in [-0.2, 0) is 11.3 Å². The first kappa shape index (κ1) is 21.1. The molecule has 9 nitrogen and oxygen atoms in total. The summed E-state index contributed by atoms with van der Waals surface area (Å²) in [5, 5.41) is 2.94. The first-order chi connectivity index (χ1) is 14.7. The molecule has 0 bridgehead atoms. The molecule has 0 radical (unpaired) electrons. The van der Waals surface area contributed by atoms with Gasteiger partial charge in [-0.15, -0.1) is 13.2 Å². The molecule has 31 heavy (non-hydrogen) atoms. The van der Waals surface area contributed by atoms with Crippen LogP contribution in [0.3, 0.4) is 0 Å². The number of halogens is 3. The van der Waals surface area contributed by atoms with E-state index in [2.05, 4.69) is 19.9 Å². The number of nitrogens with two attached hydrogens (primary N) is 1. The summed E-state index contributed by atoms with van der Waals surface area (Å²) in [4.78, 5) is 18.3. The molecule has 0 spiro atoms. The van der Waals surface area contributed by atoms with Crippen LogP contribution in [0.25, 0.3) is 0 Å². The number of nitrogens with zero attached hydrogens (tertiary/aromatic N) is 3. The summed E-state index contributed by atoms with van der Waals surface area (Å²) in [5.74, 6) is 0.475. The van der Waals surface area contributed by atoms with Gasteiger partial charge in [0.15, 0.2) is 0 Å². The maximum absolute atomic E-state index is 12.2. The highest BCUT2D eigenvalue weighted by Crippen LogP contribution is 2.26. The third-order valence-electron chi connectivity index (χ3n) is 4.89. The SMILES string of the molecule is Nc1cn2c(n1)OC[C@@H](NC(=O)CCN1CC(Oc3ccc(OC(F)(F)F)cc3)C1)C2. The lowest BCUT2D eigenvalue weighted by Crippen LogP contribution is -2.54. The fourth-order valence-electron chi connectivity index (χ4n) is 3.47. The number of hydrogen-bond acceptors (Lipinski definition) is 7. The molecule has 1 fully saturated rings. The van der Waals surface area contributed by atoms with Crippen LogP contribution in [0.1, 0.15) is 6.42 Å². The molecular formula is C19H22F3N5O4. The summed E-state index contributed by atoms with van der Waals surface area (Å²) in [6.45, 7) is 2.75. The minimum absolute atomic E-state index is 0.0743. The first-order valence-electron chi connectivity index (χ1n) is 9.73. The number of anilines is 1. The van der Waals surface area contributed by atoms with E-state index >= 15 is 0 Å². The Morgan fingerprint density at radius 1 is 1.23 bits per heavy atom. The Hall–Kier alpha value is -3.15. The van der Waals surface area contributed by atoms with Crippen molar-refractivity contribution < 1.29 is 32.2 Å². The van der Waals surface area contributed by atoms with Crippen molar-refractivity contribution in [2.24, 2.45) is 0 Å². The van der Waals surface area contributed by atoms with Gasteiger partial charge in [-0.2, -0.15) is 4.98 Å². The zero-order valence-corrected chi connectivity index (χ0v) is 16.5. The van der Waals surface area contributed by atoms with Crippen molar-refractivity contribution >= 4 is 11.7 Å². The van der Waals surface area contributed by atoms with Gasteiger partial charge in [0.25, 0.3) is 6.01 Å². The minimum Gasteiger partial charge on any atom is -0.488 e. The zero-order valence-electron chi connectivity index (χ0n) is 16.5. The number of benzene rings is 1. The second-order valence-corrected chi connectivity index (χ2v) is 7.44. The average molecular weight is 441 g/mol. The summed E-state index contributed by atoms with van der Waals surface area (Å²) >= 11 is 0. The van der Waals surface area contributed by atoms with E-state index in [-0.39, 0.29) is 23.8 Å². The fraction of sp³-hybridized carbons (Fsp3) is 0.474. The number of rotatable bonds is 7. The Bertz CT molecular complexity index is 912. The van der Waals surface area contributed by atoms with Crippen LogP contribution >= 0.6 is 0 Å². The highest BCUT2D eigenvalue weighted by Gasteiger charge is 2.32. The molecule has 2 aliphatic heterocycles. The van der Waals surface area contributed by atoms with Crippen LogP contribution in [0.15, 0.2) is 30.5 Å². The number of alkyl halides is 3. The molecule has 12 heteroatoms. The molecule has 2 aromatic rings. The number of nitrogen functional groups attached to an aromatic ring is 1. The molecule has 2 aliphatic rings. The fourth-order valence-corrected chi connectivity index (χ4v) is 3.47. The smallest absolute Gasteiger partial charge is 0.488 e. The molecule has 1 atom stereocenters. The van der Waals surface area contributed by atoms with Crippen LogP contribution in [0.5, 0.6) is 17.5 Å². The van der Waals surface area contributed by atoms with Gasteiger partial charge in [-0.25, -0.2) is 0 Å². The quantitative estimate of drug-likeness (QED) is 0.669. The van der Waals surface area contributed by atoms with Crippen LogP contribution in [-0.4, -0.2) is 65.1 Å². The lowest BCUT2D eigenvalue weighted by Gasteiger charge is -2.39. The first-order valence-corrected chi connectivity index (χ1v) is 9.73. The van der Waals surface area contributed by atoms with Gasteiger partial charge in [0.1, 0.15) is 30.0 Å². The van der Waals surface area contributed by atoms with Crippen molar-refractivity contribution in [1.82, 2.24) is 19.8 Å². The highest BCUT2D eigenvalue weighted by molar-refractivity contribution is 5.76. The molecule has 0 aliphatic carbocycles. The predicted octanol–water partition coefficient (Wildman–Crippen LogP) is 1.39. The van der Waals surface area contributed by atoms with E-state index < -0.39 is 6.36 Å². The van der Waals surface area contributed by atoms with E-state index in [1.54, 1.807) is 10.8 Å². The van der Waals surface area contributed by atoms with Gasteiger partial charge in [-0.05, 0) is 24.3 Å². The number of imidazole rings is 1. The van der Waals surface area contributed by atoms with E-state index in [1.165, 1.54) is 24.3 Å². The number of likely N-dealkylation sites (tertiary alicyclic amines) is 1. The molecule has 3 heterocycles. The molecule has 1 aromatic heterocycles. The standard InChI is InChI=1S/C19H22F3N5O4/c20-19(21,22)31-14-3-1-13(2-4-14)30-15-8-26(9-15)6-5-17(28)24-12-7-27-10-16(23)25-18(27)29-11-12/h1-4,10,12,15H,5-9,11,23H2,(H,24,28)/t12-/m0/s1. The Labute approximate surface area is 175 Å². The number of fused-ring (bicyclic) bond motifs is 1. The Kier molecular flexibility index (Phi) is 5.81. The monoisotopic (exact) mass is 441 g/mol. The van der Waals surface area contributed by atoms with Crippen molar-refractivity contribution in [2.45, 2.75) is 31.5 Å². The summed E-state index contributed by atoms with van der Waals surface area (Å²) in [6, 6.07) is 5.59. The summed E-state index contributed by atoms with van der Waals surface area (Å²) in [6.07, 6.45) is -2.78. The Morgan fingerprint density at radius 3 is 2.65 bits per heavy atom. The maximum Gasteiger partial charge on any atom is 0.573 e. The van der Waals surface area contributed by atoms with E-state index in [0.717, 1.165) is 0 Å². The molecule has 0 saturated carbocycles. The lowest BCUT2D eigenvalue weighted by molar-refractivity contribution is -0.274. The molecule has 168 valence electrons. The molecular weight excluding hydrogens is 419 g/mol. The minimum atomic E-state index is -4.72. The van der Waals surface area contributed by atoms with Crippen molar-refractivity contribution in [3.63, 3.8) is 0 Å². The van der Waals surface area contributed by atoms with Crippen molar-refractivity contribution in [3.05, 3.63) is 30.5 Å². The largest absolute Gasteiger partial charge is 0.573 e. The van der Waals surface area contributed by atoms with Crippen LogP contribution in [0.4, 0.5) is 19.0 Å². The van der Waals surface area contributed by atoms with Gasteiger partial charge in [0.05, 0.1) is 18.8 Å². The van der Waals surface area contributed by atoms with E-state index in [1.807, 2.05) is 0 Å². The third-order valence-corrected chi connectivity index (χ3v) is 4.89. The second kappa shape index (κ2) is 8.53.